The second kappa shape index (κ2) is 13.5. The second-order valence-corrected chi connectivity index (χ2v) is 7.55. The fourth-order valence-electron chi connectivity index (χ4n) is 3.58. The maximum Gasteiger partial charge on any atom is 0.191 e. The van der Waals surface area contributed by atoms with Crippen molar-refractivity contribution in [2.45, 2.75) is 53.5 Å². The van der Waals surface area contributed by atoms with Crippen LogP contribution in [-0.2, 0) is 13.5 Å². The van der Waals surface area contributed by atoms with E-state index < -0.39 is 0 Å². The average Bonchev–Trinajstić information content (AvgIpc) is 2.94. The molecule has 0 aliphatic rings. The molecule has 0 saturated heterocycles. The Morgan fingerprint density at radius 1 is 1.20 bits per heavy atom. The molecule has 30 heavy (non-hydrogen) atoms. The molecule has 0 aliphatic heterocycles. The first kappa shape index (κ1) is 26.3. The Kier molecular flexibility index (Phi) is 11.8. The van der Waals surface area contributed by atoms with Crippen molar-refractivity contribution in [2.75, 3.05) is 31.1 Å². The van der Waals surface area contributed by atoms with E-state index in [1.54, 1.807) is 0 Å². The number of aryl methyl sites for hydroxylation is 2. The van der Waals surface area contributed by atoms with Crippen LogP contribution in [0.3, 0.4) is 0 Å². The fourth-order valence-corrected chi connectivity index (χ4v) is 3.58. The summed E-state index contributed by atoms with van der Waals surface area (Å²) in [6.07, 6.45) is 1.96. The number of para-hydroxylation sites is 1. The summed E-state index contributed by atoms with van der Waals surface area (Å²) in [6, 6.07) is 10.9. The lowest BCUT2D eigenvalue weighted by molar-refractivity contribution is 0.634. The lowest BCUT2D eigenvalue weighted by Gasteiger charge is -2.23. The van der Waals surface area contributed by atoms with Crippen molar-refractivity contribution >= 4 is 35.6 Å². The van der Waals surface area contributed by atoms with Crippen LogP contribution < -0.4 is 15.5 Å². The number of anilines is 1. The van der Waals surface area contributed by atoms with Gasteiger partial charge in [0, 0.05) is 50.6 Å². The normalized spacial score (nSPS) is 12.3. The molecular formula is C23H39IN6. The van der Waals surface area contributed by atoms with Gasteiger partial charge in [0.15, 0.2) is 5.96 Å². The van der Waals surface area contributed by atoms with Crippen LogP contribution in [0.4, 0.5) is 5.69 Å². The van der Waals surface area contributed by atoms with Gasteiger partial charge >= 0.3 is 0 Å². The van der Waals surface area contributed by atoms with E-state index in [0.29, 0.717) is 0 Å². The molecule has 0 spiro atoms. The first-order chi connectivity index (χ1) is 14.0. The number of benzene rings is 1. The zero-order chi connectivity index (χ0) is 21.2. The molecule has 1 aromatic heterocycles. The van der Waals surface area contributed by atoms with E-state index in [1.807, 2.05) is 11.7 Å². The molecule has 0 amide bonds. The molecule has 0 saturated carbocycles. The van der Waals surface area contributed by atoms with Crippen LogP contribution in [-0.4, -0.2) is 48.0 Å². The second-order valence-electron chi connectivity index (χ2n) is 7.55. The summed E-state index contributed by atoms with van der Waals surface area (Å²) in [4.78, 5) is 7.19. The minimum atomic E-state index is 0. The Bertz CT molecular complexity index is 772. The minimum absolute atomic E-state index is 0. The molecule has 1 aromatic carbocycles. The van der Waals surface area contributed by atoms with Gasteiger partial charge in [-0.1, -0.05) is 18.2 Å². The van der Waals surface area contributed by atoms with Gasteiger partial charge in [0.05, 0.1) is 5.69 Å². The first-order valence-corrected chi connectivity index (χ1v) is 10.8. The number of halogens is 1. The van der Waals surface area contributed by atoms with Crippen LogP contribution >= 0.6 is 24.0 Å². The van der Waals surface area contributed by atoms with Crippen molar-refractivity contribution in [3.8, 4) is 0 Å². The molecule has 0 bridgehead atoms. The van der Waals surface area contributed by atoms with Crippen LogP contribution in [0.2, 0.25) is 0 Å². The van der Waals surface area contributed by atoms with Crippen LogP contribution in [0, 0.1) is 13.8 Å². The van der Waals surface area contributed by atoms with E-state index in [4.69, 9.17) is 4.99 Å². The van der Waals surface area contributed by atoms with Crippen molar-refractivity contribution in [1.29, 1.82) is 0 Å². The summed E-state index contributed by atoms with van der Waals surface area (Å²) in [5.74, 6) is 0.891. The van der Waals surface area contributed by atoms with Gasteiger partial charge in [0.25, 0.3) is 0 Å². The van der Waals surface area contributed by atoms with Crippen LogP contribution in [0.5, 0.6) is 0 Å². The summed E-state index contributed by atoms with van der Waals surface area (Å²) >= 11 is 0. The number of aromatic nitrogens is 2. The van der Waals surface area contributed by atoms with Crippen molar-refractivity contribution in [3.05, 3.63) is 47.3 Å². The van der Waals surface area contributed by atoms with Gasteiger partial charge in [-0.25, -0.2) is 0 Å². The molecule has 2 N–H and O–H groups in total. The van der Waals surface area contributed by atoms with Crippen molar-refractivity contribution < 1.29 is 0 Å². The van der Waals surface area contributed by atoms with Crippen LogP contribution in [0.25, 0.3) is 0 Å². The highest BCUT2D eigenvalue weighted by molar-refractivity contribution is 14.0. The maximum atomic E-state index is 4.79. The van der Waals surface area contributed by atoms with Gasteiger partial charge in [0.1, 0.15) is 0 Å². The smallest absolute Gasteiger partial charge is 0.191 e. The number of rotatable bonds is 10. The van der Waals surface area contributed by atoms with Gasteiger partial charge in [0.2, 0.25) is 0 Å². The molecule has 0 fully saturated rings. The molecule has 1 atom stereocenters. The quantitative estimate of drug-likeness (QED) is 0.212. The molecule has 6 nitrogen and oxygen atoms in total. The molecule has 0 radical (unpaired) electrons. The third-order valence-corrected chi connectivity index (χ3v) is 5.26. The van der Waals surface area contributed by atoms with E-state index in [1.165, 1.54) is 16.9 Å². The molecule has 2 aromatic rings. The topological polar surface area (TPSA) is 57.5 Å². The standard InChI is InChI=1S/C23H38N6.HI/c1-7-24-23(26-18(3)17-22-19(4)27-28(6)20(22)5)25-15-12-16-29(8-2)21-13-10-9-11-14-21;/h9-11,13-14,18H,7-8,12,15-17H2,1-6H3,(H2,24,25,26);1H. The molecule has 2 rings (SSSR count). The summed E-state index contributed by atoms with van der Waals surface area (Å²) in [6.45, 7) is 14.4. The zero-order valence-corrected chi connectivity index (χ0v) is 21.7. The third-order valence-electron chi connectivity index (χ3n) is 5.26. The number of aliphatic imine (C=N–C) groups is 1. The van der Waals surface area contributed by atoms with Crippen molar-refractivity contribution in [1.82, 2.24) is 20.4 Å². The van der Waals surface area contributed by atoms with E-state index >= 15 is 0 Å². The van der Waals surface area contributed by atoms with Gasteiger partial charge in [-0.05, 0) is 65.2 Å². The highest BCUT2D eigenvalue weighted by atomic mass is 127. The molecule has 0 aliphatic carbocycles. The Morgan fingerprint density at radius 2 is 1.90 bits per heavy atom. The van der Waals surface area contributed by atoms with Crippen molar-refractivity contribution in [2.24, 2.45) is 12.0 Å². The molecule has 7 heteroatoms. The summed E-state index contributed by atoms with van der Waals surface area (Å²) in [7, 11) is 2.00. The highest BCUT2D eigenvalue weighted by Gasteiger charge is 2.14. The predicted molar refractivity (Wildman–Crippen MR) is 139 cm³/mol. The highest BCUT2D eigenvalue weighted by Crippen LogP contribution is 2.14. The Balaban J connectivity index is 0.00000450. The number of nitrogens with zero attached hydrogens (tertiary/aromatic N) is 4. The minimum Gasteiger partial charge on any atom is -0.372 e. The average molecular weight is 527 g/mol. The number of hydrogen-bond acceptors (Lipinski definition) is 3. The van der Waals surface area contributed by atoms with E-state index in [9.17, 15) is 0 Å². The molecule has 1 unspecified atom stereocenters. The van der Waals surface area contributed by atoms with E-state index in [0.717, 1.165) is 50.7 Å². The van der Waals surface area contributed by atoms with Crippen LogP contribution in [0.1, 0.15) is 44.1 Å². The third kappa shape index (κ3) is 7.81. The first-order valence-electron chi connectivity index (χ1n) is 10.8. The van der Waals surface area contributed by atoms with E-state index in [-0.39, 0.29) is 30.0 Å². The lowest BCUT2D eigenvalue weighted by Crippen LogP contribution is -2.43. The molecule has 1 heterocycles. The molecule has 168 valence electrons. The summed E-state index contributed by atoms with van der Waals surface area (Å²) in [5.41, 5.74) is 4.95. The zero-order valence-electron chi connectivity index (χ0n) is 19.4. The Morgan fingerprint density at radius 3 is 2.47 bits per heavy atom. The number of guanidine groups is 1. The van der Waals surface area contributed by atoms with Gasteiger partial charge in [-0.15, -0.1) is 24.0 Å². The Labute approximate surface area is 199 Å². The van der Waals surface area contributed by atoms with E-state index in [2.05, 4.69) is 85.6 Å². The number of nitrogens with one attached hydrogen (secondary N) is 2. The molecular weight excluding hydrogens is 487 g/mol. The van der Waals surface area contributed by atoms with Gasteiger partial charge < -0.3 is 15.5 Å². The predicted octanol–water partition coefficient (Wildman–Crippen LogP) is 4.06. The lowest BCUT2D eigenvalue weighted by atomic mass is 10.1. The van der Waals surface area contributed by atoms with Crippen molar-refractivity contribution in [3.63, 3.8) is 0 Å². The summed E-state index contributed by atoms with van der Waals surface area (Å²) in [5, 5.41) is 11.5. The van der Waals surface area contributed by atoms with Gasteiger partial charge in [-0.2, -0.15) is 5.10 Å². The SMILES string of the molecule is CCNC(=NCCCN(CC)c1ccccc1)NC(C)Cc1c(C)nn(C)c1C.I. The van der Waals surface area contributed by atoms with Crippen LogP contribution in [0.15, 0.2) is 35.3 Å². The fraction of sp³-hybridized carbons (Fsp3) is 0.565. The Hall–Kier alpha value is -1.77. The number of hydrogen-bond donors (Lipinski definition) is 2. The monoisotopic (exact) mass is 526 g/mol. The largest absolute Gasteiger partial charge is 0.372 e. The van der Waals surface area contributed by atoms with Gasteiger partial charge in [-0.3, -0.25) is 9.67 Å². The maximum absolute atomic E-state index is 4.79. The summed E-state index contributed by atoms with van der Waals surface area (Å²) < 4.78 is 1.96.